The molecule has 18 heavy (non-hydrogen) atoms. The van der Waals surface area contributed by atoms with Crippen LogP contribution in [-0.4, -0.2) is 10.2 Å². The van der Waals surface area contributed by atoms with Gasteiger partial charge in [-0.3, -0.25) is 5.10 Å². The van der Waals surface area contributed by atoms with Crippen molar-refractivity contribution in [3.05, 3.63) is 41.6 Å². The van der Waals surface area contributed by atoms with Crippen molar-refractivity contribution in [2.24, 2.45) is 5.73 Å². The molecule has 1 unspecified atom stereocenters. The minimum absolute atomic E-state index is 0.0492. The Bertz CT molecular complexity index is 543. The third kappa shape index (κ3) is 2.38. The number of hydrogen-bond donors (Lipinski definition) is 2. The van der Waals surface area contributed by atoms with Gasteiger partial charge in [-0.05, 0) is 19.1 Å². The molecule has 2 aromatic rings. The number of H-pyrrole nitrogens is 1. The van der Waals surface area contributed by atoms with E-state index in [0.29, 0.717) is 5.69 Å². The highest BCUT2D eigenvalue weighted by atomic mass is 19.4. The van der Waals surface area contributed by atoms with Gasteiger partial charge in [-0.25, -0.2) is 0 Å². The number of nitrogens with two attached hydrogens (primary N) is 1. The standard InChI is InChI=1S/C12H12F3N3/c1-7(16)10-6-11(18-17-10)8-4-2-3-5-9(8)12(13,14)15/h2-7H,16H2,1H3,(H,17,18). The fourth-order valence-corrected chi connectivity index (χ4v) is 1.66. The Morgan fingerprint density at radius 1 is 1.28 bits per heavy atom. The normalized spacial score (nSPS) is 13.6. The monoisotopic (exact) mass is 255 g/mol. The Morgan fingerprint density at radius 3 is 2.50 bits per heavy atom. The van der Waals surface area contributed by atoms with Gasteiger partial charge in [0, 0.05) is 11.6 Å². The molecule has 0 spiro atoms. The number of hydrogen-bond acceptors (Lipinski definition) is 2. The van der Waals surface area contributed by atoms with Crippen molar-refractivity contribution in [1.29, 1.82) is 0 Å². The second kappa shape index (κ2) is 4.45. The number of nitrogens with one attached hydrogen (secondary N) is 1. The summed E-state index contributed by atoms with van der Waals surface area (Å²) in [4.78, 5) is 0. The first-order valence-electron chi connectivity index (χ1n) is 5.37. The Kier molecular flexibility index (Phi) is 3.13. The number of alkyl halides is 3. The van der Waals surface area contributed by atoms with Crippen LogP contribution in [0.1, 0.15) is 24.2 Å². The smallest absolute Gasteiger partial charge is 0.323 e. The molecule has 0 radical (unpaired) electrons. The summed E-state index contributed by atoms with van der Waals surface area (Å²) in [6.07, 6.45) is -4.40. The van der Waals surface area contributed by atoms with Crippen LogP contribution in [0.2, 0.25) is 0 Å². The lowest BCUT2D eigenvalue weighted by molar-refractivity contribution is -0.137. The average Bonchev–Trinajstić information content (AvgIpc) is 2.77. The minimum Gasteiger partial charge on any atom is -0.323 e. The van der Waals surface area contributed by atoms with E-state index in [2.05, 4.69) is 10.2 Å². The highest BCUT2D eigenvalue weighted by molar-refractivity contribution is 5.64. The summed E-state index contributed by atoms with van der Waals surface area (Å²) in [6, 6.07) is 6.56. The third-order valence-corrected chi connectivity index (χ3v) is 2.60. The van der Waals surface area contributed by atoms with Crippen LogP contribution in [0.4, 0.5) is 13.2 Å². The first-order chi connectivity index (χ1) is 8.39. The van der Waals surface area contributed by atoms with Crippen LogP contribution >= 0.6 is 0 Å². The van der Waals surface area contributed by atoms with Gasteiger partial charge in [0.25, 0.3) is 0 Å². The van der Waals surface area contributed by atoms with Crippen LogP contribution in [0, 0.1) is 0 Å². The molecular formula is C12H12F3N3. The van der Waals surface area contributed by atoms with E-state index in [-0.39, 0.29) is 17.3 Å². The third-order valence-electron chi connectivity index (χ3n) is 2.60. The molecule has 0 bridgehead atoms. The second-order valence-electron chi connectivity index (χ2n) is 4.04. The van der Waals surface area contributed by atoms with Crippen molar-refractivity contribution in [3.8, 4) is 11.3 Å². The van der Waals surface area contributed by atoms with E-state index in [1.807, 2.05) is 0 Å². The molecule has 2 rings (SSSR count). The van der Waals surface area contributed by atoms with Crippen molar-refractivity contribution in [2.75, 3.05) is 0 Å². The van der Waals surface area contributed by atoms with Gasteiger partial charge in [0.1, 0.15) is 0 Å². The zero-order valence-corrected chi connectivity index (χ0v) is 9.62. The molecule has 1 aromatic heterocycles. The van der Waals surface area contributed by atoms with Crippen LogP contribution < -0.4 is 5.73 Å². The van der Waals surface area contributed by atoms with E-state index >= 15 is 0 Å². The van der Waals surface area contributed by atoms with Gasteiger partial charge in [0.2, 0.25) is 0 Å². The number of halogens is 3. The molecule has 0 saturated heterocycles. The molecule has 0 aliphatic rings. The van der Waals surface area contributed by atoms with E-state index in [1.165, 1.54) is 18.2 Å². The van der Waals surface area contributed by atoms with E-state index in [9.17, 15) is 13.2 Å². The summed E-state index contributed by atoms with van der Waals surface area (Å²) in [5.41, 5.74) is 5.83. The lowest BCUT2D eigenvalue weighted by atomic mass is 10.0. The molecule has 6 heteroatoms. The SMILES string of the molecule is CC(N)c1cc(-c2ccccc2C(F)(F)F)n[nH]1. The molecule has 1 atom stereocenters. The van der Waals surface area contributed by atoms with E-state index in [1.54, 1.807) is 13.0 Å². The number of rotatable bonds is 2. The van der Waals surface area contributed by atoms with Crippen molar-refractivity contribution in [1.82, 2.24) is 10.2 Å². The van der Waals surface area contributed by atoms with Gasteiger partial charge in [0.15, 0.2) is 0 Å². The van der Waals surface area contributed by atoms with Crippen molar-refractivity contribution in [3.63, 3.8) is 0 Å². The lowest BCUT2D eigenvalue weighted by Crippen LogP contribution is -2.07. The molecule has 1 heterocycles. The Hall–Kier alpha value is -1.82. The molecule has 3 nitrogen and oxygen atoms in total. The zero-order chi connectivity index (χ0) is 13.3. The summed E-state index contributed by atoms with van der Waals surface area (Å²) in [7, 11) is 0. The summed E-state index contributed by atoms with van der Waals surface area (Å²) in [6.45, 7) is 1.73. The van der Waals surface area contributed by atoms with Crippen molar-refractivity contribution >= 4 is 0 Å². The molecule has 96 valence electrons. The Balaban J connectivity index is 2.50. The predicted octanol–water partition coefficient (Wildman–Crippen LogP) is 3.12. The van der Waals surface area contributed by atoms with Gasteiger partial charge in [-0.2, -0.15) is 18.3 Å². The van der Waals surface area contributed by atoms with Crippen LogP contribution in [0.15, 0.2) is 30.3 Å². The highest BCUT2D eigenvalue weighted by Crippen LogP contribution is 2.36. The molecule has 1 aromatic carbocycles. The summed E-state index contributed by atoms with van der Waals surface area (Å²) >= 11 is 0. The van der Waals surface area contributed by atoms with Gasteiger partial charge in [0.05, 0.1) is 17.0 Å². The van der Waals surface area contributed by atoms with Gasteiger partial charge < -0.3 is 5.73 Å². The van der Waals surface area contributed by atoms with Crippen molar-refractivity contribution < 1.29 is 13.2 Å². The number of benzene rings is 1. The van der Waals surface area contributed by atoms with Gasteiger partial charge in [-0.15, -0.1) is 0 Å². The average molecular weight is 255 g/mol. The minimum atomic E-state index is -4.40. The quantitative estimate of drug-likeness (QED) is 0.866. The largest absolute Gasteiger partial charge is 0.417 e. The first-order valence-corrected chi connectivity index (χ1v) is 5.37. The van der Waals surface area contributed by atoms with E-state index in [4.69, 9.17) is 5.73 Å². The predicted molar refractivity (Wildman–Crippen MR) is 61.6 cm³/mol. The highest BCUT2D eigenvalue weighted by Gasteiger charge is 2.33. The van der Waals surface area contributed by atoms with E-state index in [0.717, 1.165) is 6.07 Å². The number of aromatic amines is 1. The van der Waals surface area contributed by atoms with E-state index < -0.39 is 11.7 Å². The fourth-order valence-electron chi connectivity index (χ4n) is 1.66. The molecule has 0 aliphatic heterocycles. The van der Waals surface area contributed by atoms with Gasteiger partial charge >= 0.3 is 6.18 Å². The topological polar surface area (TPSA) is 54.7 Å². The van der Waals surface area contributed by atoms with Crippen LogP contribution in [0.25, 0.3) is 11.3 Å². The maximum absolute atomic E-state index is 12.8. The van der Waals surface area contributed by atoms with Crippen molar-refractivity contribution in [2.45, 2.75) is 19.1 Å². The Labute approximate surface area is 102 Å². The summed E-state index contributed by atoms with van der Waals surface area (Å²) in [5.74, 6) is 0. The van der Waals surface area contributed by atoms with Crippen LogP contribution in [0.5, 0.6) is 0 Å². The summed E-state index contributed by atoms with van der Waals surface area (Å²) in [5, 5.41) is 6.52. The molecule has 0 fully saturated rings. The number of nitrogens with zero attached hydrogens (tertiary/aromatic N) is 1. The molecule has 3 N–H and O–H groups in total. The molecule has 0 amide bonds. The van der Waals surface area contributed by atoms with Gasteiger partial charge in [-0.1, -0.05) is 18.2 Å². The summed E-state index contributed by atoms with van der Waals surface area (Å²) < 4.78 is 38.5. The Morgan fingerprint density at radius 2 is 1.94 bits per heavy atom. The first kappa shape index (κ1) is 12.6. The number of aromatic nitrogens is 2. The zero-order valence-electron chi connectivity index (χ0n) is 9.62. The maximum Gasteiger partial charge on any atom is 0.417 e. The van der Waals surface area contributed by atoms with Crippen LogP contribution in [0.3, 0.4) is 0 Å². The van der Waals surface area contributed by atoms with Crippen LogP contribution in [-0.2, 0) is 6.18 Å². The second-order valence-corrected chi connectivity index (χ2v) is 4.04. The molecular weight excluding hydrogens is 243 g/mol. The maximum atomic E-state index is 12.8. The molecule has 0 saturated carbocycles. The lowest BCUT2D eigenvalue weighted by Gasteiger charge is -2.10. The fraction of sp³-hybridized carbons (Fsp3) is 0.250. The molecule has 0 aliphatic carbocycles.